The van der Waals surface area contributed by atoms with E-state index in [0.29, 0.717) is 37.1 Å². The number of piperazine rings is 1. The molecular formula is C23H28ClN3O2. The van der Waals surface area contributed by atoms with E-state index in [1.165, 1.54) is 18.5 Å². The summed E-state index contributed by atoms with van der Waals surface area (Å²) >= 11 is 5.91. The molecule has 29 heavy (non-hydrogen) atoms. The predicted octanol–water partition coefficient (Wildman–Crippen LogP) is 3.66. The minimum absolute atomic E-state index is 0.131. The fraction of sp³-hybridized carbons (Fsp3) is 0.478. The number of benzene rings is 1. The van der Waals surface area contributed by atoms with Crippen molar-refractivity contribution in [2.24, 2.45) is 0 Å². The molecule has 0 radical (unpaired) electrons. The summed E-state index contributed by atoms with van der Waals surface area (Å²) in [5, 5.41) is 0.678. The molecule has 2 aliphatic rings. The van der Waals surface area contributed by atoms with Crippen molar-refractivity contribution in [3.63, 3.8) is 0 Å². The van der Waals surface area contributed by atoms with Crippen LogP contribution in [-0.2, 0) is 11.2 Å². The van der Waals surface area contributed by atoms with Gasteiger partial charge in [-0.05, 0) is 50.5 Å². The van der Waals surface area contributed by atoms with Crippen molar-refractivity contribution in [2.75, 3.05) is 32.7 Å². The third-order valence-electron chi connectivity index (χ3n) is 6.06. The molecule has 1 aliphatic heterocycles. The Bertz CT molecular complexity index is 907. The van der Waals surface area contributed by atoms with Crippen LogP contribution in [-0.4, -0.2) is 58.8 Å². The Morgan fingerprint density at radius 1 is 1.03 bits per heavy atom. The number of nitrogens with zero attached hydrogens (tertiary/aromatic N) is 3. The number of hydrogen-bond donors (Lipinski definition) is 0. The number of amides is 1. The van der Waals surface area contributed by atoms with Crippen molar-refractivity contribution < 1.29 is 9.59 Å². The highest BCUT2D eigenvalue weighted by Crippen LogP contribution is 2.38. The summed E-state index contributed by atoms with van der Waals surface area (Å²) in [6, 6.07) is 10.1. The molecule has 2 aromatic rings. The van der Waals surface area contributed by atoms with Gasteiger partial charge in [-0.3, -0.25) is 14.5 Å². The number of rotatable bonds is 6. The highest BCUT2D eigenvalue weighted by Gasteiger charge is 2.29. The highest BCUT2D eigenvalue weighted by molar-refractivity contribution is 6.30. The summed E-state index contributed by atoms with van der Waals surface area (Å²) in [7, 11) is 0. The molecule has 1 amide bonds. The van der Waals surface area contributed by atoms with Gasteiger partial charge in [-0.1, -0.05) is 23.7 Å². The van der Waals surface area contributed by atoms with Crippen molar-refractivity contribution in [2.45, 2.75) is 39.2 Å². The standard InChI is InChI=1S/C23H28ClN3O2/c1-16-13-21(17(2)27(16)20-7-8-20)22(28)15-25-9-11-26(12-10-25)23(29)14-18-3-5-19(24)6-4-18/h3-6,13,20H,7-12,14-15H2,1-2H3. The molecule has 0 atom stereocenters. The first-order valence-corrected chi connectivity index (χ1v) is 10.8. The number of Topliss-reactive ketones (excluding diaryl/α,β-unsaturated/α-hetero) is 1. The smallest absolute Gasteiger partial charge is 0.227 e. The molecule has 0 spiro atoms. The van der Waals surface area contributed by atoms with Crippen LogP contribution in [0.25, 0.3) is 0 Å². The Labute approximate surface area is 177 Å². The zero-order valence-corrected chi connectivity index (χ0v) is 17.9. The quantitative estimate of drug-likeness (QED) is 0.679. The molecule has 0 bridgehead atoms. The second kappa shape index (κ2) is 8.33. The van der Waals surface area contributed by atoms with Gasteiger partial charge in [-0.2, -0.15) is 0 Å². The number of aromatic nitrogens is 1. The van der Waals surface area contributed by atoms with E-state index in [1.807, 2.05) is 35.2 Å². The van der Waals surface area contributed by atoms with E-state index < -0.39 is 0 Å². The van der Waals surface area contributed by atoms with Crippen LogP contribution >= 0.6 is 11.6 Å². The van der Waals surface area contributed by atoms with Gasteiger partial charge in [0, 0.05) is 54.2 Å². The Hall–Kier alpha value is -2.11. The Morgan fingerprint density at radius 2 is 1.69 bits per heavy atom. The normalized spacial score (nSPS) is 17.6. The molecule has 154 valence electrons. The van der Waals surface area contributed by atoms with E-state index in [1.54, 1.807) is 0 Å². The van der Waals surface area contributed by atoms with Crippen molar-refractivity contribution in [3.05, 3.63) is 57.9 Å². The zero-order chi connectivity index (χ0) is 20.5. The van der Waals surface area contributed by atoms with Gasteiger partial charge in [0.2, 0.25) is 5.91 Å². The first-order chi connectivity index (χ1) is 13.9. The van der Waals surface area contributed by atoms with Crippen LogP contribution < -0.4 is 0 Å². The van der Waals surface area contributed by atoms with Crippen LogP contribution in [0, 0.1) is 13.8 Å². The Morgan fingerprint density at radius 3 is 2.31 bits per heavy atom. The molecule has 1 aromatic carbocycles. The SMILES string of the molecule is Cc1cc(C(=O)CN2CCN(C(=O)Cc3ccc(Cl)cc3)CC2)c(C)n1C1CC1. The van der Waals surface area contributed by atoms with Crippen molar-refractivity contribution >= 4 is 23.3 Å². The highest BCUT2D eigenvalue weighted by atomic mass is 35.5. The zero-order valence-electron chi connectivity index (χ0n) is 17.2. The minimum Gasteiger partial charge on any atom is -0.345 e. The van der Waals surface area contributed by atoms with Gasteiger partial charge in [0.15, 0.2) is 5.78 Å². The lowest BCUT2D eigenvalue weighted by molar-refractivity contribution is -0.132. The number of carbonyl (C=O) groups is 2. The van der Waals surface area contributed by atoms with Gasteiger partial charge in [-0.15, -0.1) is 0 Å². The van der Waals surface area contributed by atoms with Gasteiger partial charge in [-0.25, -0.2) is 0 Å². The summed E-state index contributed by atoms with van der Waals surface area (Å²) < 4.78 is 2.32. The van der Waals surface area contributed by atoms with Crippen LogP contribution in [0.15, 0.2) is 30.3 Å². The molecule has 1 aliphatic carbocycles. The number of carbonyl (C=O) groups excluding carboxylic acids is 2. The van der Waals surface area contributed by atoms with Crippen LogP contribution in [0.2, 0.25) is 5.02 Å². The molecule has 1 saturated carbocycles. The summed E-state index contributed by atoms with van der Waals surface area (Å²) in [4.78, 5) is 29.5. The van der Waals surface area contributed by atoms with E-state index in [9.17, 15) is 9.59 Å². The number of ketones is 1. The monoisotopic (exact) mass is 413 g/mol. The fourth-order valence-electron chi connectivity index (χ4n) is 4.29. The Kier molecular flexibility index (Phi) is 5.79. The lowest BCUT2D eigenvalue weighted by atomic mass is 10.1. The van der Waals surface area contributed by atoms with Crippen molar-refractivity contribution in [1.82, 2.24) is 14.4 Å². The molecule has 1 aromatic heterocycles. The second-order valence-electron chi connectivity index (χ2n) is 8.27. The van der Waals surface area contributed by atoms with Crippen LogP contribution in [0.5, 0.6) is 0 Å². The predicted molar refractivity (Wildman–Crippen MR) is 115 cm³/mol. The van der Waals surface area contributed by atoms with Crippen LogP contribution in [0.3, 0.4) is 0 Å². The maximum absolute atomic E-state index is 12.9. The van der Waals surface area contributed by atoms with Crippen LogP contribution in [0.4, 0.5) is 0 Å². The average molecular weight is 414 g/mol. The first kappa shape index (κ1) is 20.2. The number of halogens is 1. The molecule has 1 saturated heterocycles. The largest absolute Gasteiger partial charge is 0.345 e. The molecule has 2 fully saturated rings. The van der Waals surface area contributed by atoms with Crippen molar-refractivity contribution in [1.29, 1.82) is 0 Å². The fourth-order valence-corrected chi connectivity index (χ4v) is 4.41. The first-order valence-electron chi connectivity index (χ1n) is 10.4. The van der Waals surface area contributed by atoms with Gasteiger partial charge >= 0.3 is 0 Å². The molecular weight excluding hydrogens is 386 g/mol. The Balaban J connectivity index is 1.29. The summed E-state index contributed by atoms with van der Waals surface area (Å²) in [5.74, 6) is 0.317. The van der Waals surface area contributed by atoms with E-state index in [-0.39, 0.29) is 11.7 Å². The van der Waals surface area contributed by atoms with Crippen LogP contribution in [0.1, 0.15) is 46.2 Å². The lowest BCUT2D eigenvalue weighted by Crippen LogP contribution is -2.50. The minimum atomic E-state index is 0.131. The molecule has 5 nitrogen and oxygen atoms in total. The maximum Gasteiger partial charge on any atom is 0.227 e. The lowest BCUT2D eigenvalue weighted by Gasteiger charge is -2.34. The summed E-state index contributed by atoms with van der Waals surface area (Å²) in [6.45, 7) is 7.38. The van der Waals surface area contributed by atoms with Gasteiger partial charge in [0.05, 0.1) is 13.0 Å². The average Bonchev–Trinajstić information content (AvgIpc) is 3.48. The van der Waals surface area contributed by atoms with E-state index in [2.05, 4.69) is 23.3 Å². The molecule has 2 heterocycles. The third kappa shape index (κ3) is 4.57. The van der Waals surface area contributed by atoms with E-state index >= 15 is 0 Å². The van der Waals surface area contributed by atoms with Gasteiger partial charge < -0.3 is 9.47 Å². The maximum atomic E-state index is 12.9. The topological polar surface area (TPSA) is 45.6 Å². The molecule has 6 heteroatoms. The molecule has 4 rings (SSSR count). The molecule has 0 unspecified atom stereocenters. The number of hydrogen-bond acceptors (Lipinski definition) is 3. The van der Waals surface area contributed by atoms with Gasteiger partial charge in [0.1, 0.15) is 0 Å². The summed E-state index contributed by atoms with van der Waals surface area (Å²) in [6.07, 6.45) is 2.83. The second-order valence-corrected chi connectivity index (χ2v) is 8.71. The number of aryl methyl sites for hydroxylation is 1. The summed E-state index contributed by atoms with van der Waals surface area (Å²) in [5.41, 5.74) is 4.12. The third-order valence-corrected chi connectivity index (χ3v) is 6.31. The van der Waals surface area contributed by atoms with E-state index in [0.717, 1.165) is 29.9 Å². The van der Waals surface area contributed by atoms with E-state index in [4.69, 9.17) is 11.6 Å². The molecule has 0 N–H and O–H groups in total. The van der Waals surface area contributed by atoms with Crippen molar-refractivity contribution in [3.8, 4) is 0 Å². The van der Waals surface area contributed by atoms with Gasteiger partial charge in [0.25, 0.3) is 0 Å².